The van der Waals surface area contributed by atoms with Gasteiger partial charge in [0.2, 0.25) is 5.91 Å². The molecule has 0 aliphatic heterocycles. The second kappa shape index (κ2) is 7.35. The van der Waals surface area contributed by atoms with Crippen LogP contribution in [0.5, 0.6) is 0 Å². The lowest BCUT2D eigenvalue weighted by Crippen LogP contribution is -2.44. The minimum Gasteiger partial charge on any atom is -0.352 e. The fraction of sp³-hybridized carbons (Fsp3) is 0.474. The van der Waals surface area contributed by atoms with Gasteiger partial charge in [-0.2, -0.15) is 0 Å². The molecule has 2 aromatic rings. The maximum absolute atomic E-state index is 12.5. The first-order valence-corrected chi connectivity index (χ1v) is 9.34. The molecular weight excluding hydrogens is 304 g/mol. The summed E-state index contributed by atoms with van der Waals surface area (Å²) in [6, 6.07) is 12.5. The van der Waals surface area contributed by atoms with Crippen LogP contribution in [0, 0.1) is 5.92 Å². The number of amides is 1. The maximum atomic E-state index is 12.5. The third-order valence-corrected chi connectivity index (χ3v) is 5.72. The van der Waals surface area contributed by atoms with Gasteiger partial charge in [-0.05, 0) is 37.8 Å². The summed E-state index contributed by atoms with van der Waals surface area (Å²) < 4.78 is 0. The molecule has 23 heavy (non-hydrogen) atoms. The average Bonchev–Trinajstić information content (AvgIpc) is 2.56. The van der Waals surface area contributed by atoms with Crippen LogP contribution in [0.2, 0.25) is 0 Å². The fourth-order valence-electron chi connectivity index (χ4n) is 3.18. The van der Waals surface area contributed by atoms with Gasteiger partial charge in [-0.15, -0.1) is 0 Å². The average molecular weight is 328 g/mol. The zero-order chi connectivity index (χ0) is 16.2. The van der Waals surface area contributed by atoms with Crippen LogP contribution < -0.4 is 5.32 Å². The van der Waals surface area contributed by atoms with Crippen LogP contribution in [-0.2, 0) is 4.79 Å². The molecule has 1 aliphatic carbocycles. The summed E-state index contributed by atoms with van der Waals surface area (Å²) in [5.74, 6) is 0.715. The molecule has 0 saturated heterocycles. The molecule has 1 N–H and O–H groups in total. The Hall–Kier alpha value is -1.55. The molecule has 1 amide bonds. The highest BCUT2D eigenvalue weighted by Gasteiger charge is 2.25. The summed E-state index contributed by atoms with van der Waals surface area (Å²) in [7, 11) is 0. The highest BCUT2D eigenvalue weighted by Crippen LogP contribution is 2.26. The van der Waals surface area contributed by atoms with Crippen LogP contribution in [-0.4, -0.2) is 22.2 Å². The molecule has 3 rings (SSSR count). The lowest BCUT2D eigenvalue weighted by atomic mass is 9.86. The second-order valence-electron chi connectivity index (χ2n) is 6.48. The third kappa shape index (κ3) is 4.05. The quantitative estimate of drug-likeness (QED) is 0.845. The SMILES string of the molecule is CC(Sc1ccc2ccccc2n1)C(=O)NC1CCCCC1C. The van der Waals surface area contributed by atoms with Gasteiger partial charge < -0.3 is 5.32 Å². The Morgan fingerprint density at radius 2 is 2.00 bits per heavy atom. The Morgan fingerprint density at radius 1 is 1.22 bits per heavy atom. The van der Waals surface area contributed by atoms with Crippen LogP contribution in [0.3, 0.4) is 0 Å². The van der Waals surface area contributed by atoms with Crippen LogP contribution in [0.15, 0.2) is 41.4 Å². The number of thioether (sulfide) groups is 1. The van der Waals surface area contributed by atoms with Gasteiger partial charge in [0, 0.05) is 11.4 Å². The van der Waals surface area contributed by atoms with Crippen molar-refractivity contribution in [2.45, 2.75) is 55.8 Å². The first kappa shape index (κ1) is 16.3. The molecule has 4 heteroatoms. The second-order valence-corrected chi connectivity index (χ2v) is 7.84. The molecule has 0 radical (unpaired) electrons. The molecule has 3 unspecified atom stereocenters. The van der Waals surface area contributed by atoms with Gasteiger partial charge in [-0.1, -0.05) is 55.8 Å². The summed E-state index contributed by atoms with van der Waals surface area (Å²) in [6.07, 6.45) is 4.85. The lowest BCUT2D eigenvalue weighted by Gasteiger charge is -2.30. The van der Waals surface area contributed by atoms with Crippen molar-refractivity contribution in [1.82, 2.24) is 10.3 Å². The topological polar surface area (TPSA) is 42.0 Å². The van der Waals surface area contributed by atoms with Gasteiger partial charge >= 0.3 is 0 Å². The van der Waals surface area contributed by atoms with E-state index in [-0.39, 0.29) is 11.2 Å². The lowest BCUT2D eigenvalue weighted by molar-refractivity contribution is -0.121. The van der Waals surface area contributed by atoms with Gasteiger partial charge in [0.15, 0.2) is 0 Å². The van der Waals surface area contributed by atoms with Crippen molar-refractivity contribution in [3.63, 3.8) is 0 Å². The summed E-state index contributed by atoms with van der Waals surface area (Å²) in [4.78, 5) is 17.1. The van der Waals surface area contributed by atoms with Crippen LogP contribution in [0.25, 0.3) is 10.9 Å². The van der Waals surface area contributed by atoms with Crippen molar-refractivity contribution in [2.24, 2.45) is 5.92 Å². The van der Waals surface area contributed by atoms with Crippen LogP contribution in [0.1, 0.15) is 39.5 Å². The van der Waals surface area contributed by atoms with Crippen molar-refractivity contribution >= 4 is 28.6 Å². The first-order chi connectivity index (χ1) is 11.1. The summed E-state index contributed by atoms with van der Waals surface area (Å²) in [5, 5.41) is 5.15. The van der Waals surface area contributed by atoms with Crippen molar-refractivity contribution in [2.75, 3.05) is 0 Å². The van der Waals surface area contributed by atoms with E-state index >= 15 is 0 Å². The molecule has 1 fully saturated rings. The monoisotopic (exact) mass is 328 g/mol. The van der Waals surface area contributed by atoms with E-state index in [2.05, 4.69) is 29.4 Å². The standard InChI is InChI=1S/C19H24N2OS/c1-13-7-3-5-9-16(13)21-19(22)14(2)23-18-12-11-15-8-4-6-10-17(15)20-18/h4,6,8,10-14,16H,3,5,7,9H2,1-2H3,(H,21,22). The van der Waals surface area contributed by atoms with Gasteiger partial charge in [0.1, 0.15) is 0 Å². The summed E-state index contributed by atoms with van der Waals surface area (Å²) >= 11 is 1.53. The molecule has 0 spiro atoms. The molecule has 1 aromatic carbocycles. The van der Waals surface area contributed by atoms with E-state index in [1.807, 2.05) is 31.2 Å². The van der Waals surface area contributed by atoms with E-state index in [1.165, 1.54) is 31.0 Å². The smallest absolute Gasteiger partial charge is 0.233 e. The number of aromatic nitrogens is 1. The van der Waals surface area contributed by atoms with Crippen molar-refractivity contribution in [1.29, 1.82) is 0 Å². The number of nitrogens with one attached hydrogen (secondary N) is 1. The molecule has 3 atom stereocenters. The number of pyridine rings is 1. The number of fused-ring (bicyclic) bond motifs is 1. The number of carbonyl (C=O) groups is 1. The van der Waals surface area contributed by atoms with Gasteiger partial charge in [-0.25, -0.2) is 4.98 Å². The Morgan fingerprint density at radius 3 is 2.83 bits per heavy atom. The Balaban J connectivity index is 1.62. The minimum atomic E-state index is -0.127. The van der Waals surface area contributed by atoms with Gasteiger partial charge in [0.25, 0.3) is 0 Å². The third-order valence-electron chi connectivity index (χ3n) is 4.68. The Bertz CT molecular complexity index is 688. The number of hydrogen-bond acceptors (Lipinski definition) is 3. The normalized spacial score (nSPS) is 22.7. The van der Waals surface area contributed by atoms with E-state index in [0.717, 1.165) is 22.3 Å². The van der Waals surface area contributed by atoms with E-state index in [4.69, 9.17) is 0 Å². The Kier molecular flexibility index (Phi) is 5.21. The molecule has 122 valence electrons. The van der Waals surface area contributed by atoms with Crippen LogP contribution >= 0.6 is 11.8 Å². The molecule has 0 bridgehead atoms. The van der Waals surface area contributed by atoms with E-state index in [9.17, 15) is 4.79 Å². The molecule has 1 heterocycles. The number of rotatable bonds is 4. The summed E-state index contributed by atoms with van der Waals surface area (Å²) in [5.41, 5.74) is 0.978. The highest BCUT2D eigenvalue weighted by atomic mass is 32.2. The number of para-hydroxylation sites is 1. The predicted molar refractivity (Wildman–Crippen MR) is 96.6 cm³/mol. The maximum Gasteiger partial charge on any atom is 0.233 e. The molecule has 1 aromatic heterocycles. The molecular formula is C19H24N2OS. The van der Waals surface area contributed by atoms with E-state index in [1.54, 1.807) is 0 Å². The van der Waals surface area contributed by atoms with Gasteiger partial charge in [-0.3, -0.25) is 4.79 Å². The summed E-state index contributed by atoms with van der Waals surface area (Å²) in [6.45, 7) is 4.21. The molecule has 3 nitrogen and oxygen atoms in total. The van der Waals surface area contributed by atoms with E-state index in [0.29, 0.717) is 12.0 Å². The number of carbonyl (C=O) groups excluding carboxylic acids is 1. The Labute approximate surface area is 142 Å². The van der Waals surface area contributed by atoms with Crippen molar-refractivity contribution in [3.8, 4) is 0 Å². The first-order valence-electron chi connectivity index (χ1n) is 8.46. The van der Waals surface area contributed by atoms with Crippen LogP contribution in [0.4, 0.5) is 0 Å². The molecule has 1 aliphatic rings. The number of benzene rings is 1. The largest absolute Gasteiger partial charge is 0.352 e. The number of nitrogens with zero attached hydrogens (tertiary/aromatic N) is 1. The highest BCUT2D eigenvalue weighted by molar-refractivity contribution is 8.00. The zero-order valence-electron chi connectivity index (χ0n) is 13.8. The minimum absolute atomic E-state index is 0.127. The van der Waals surface area contributed by atoms with Gasteiger partial charge in [0.05, 0.1) is 15.8 Å². The fourth-order valence-corrected chi connectivity index (χ4v) is 4.01. The predicted octanol–water partition coefficient (Wildman–Crippen LogP) is 4.41. The molecule has 1 saturated carbocycles. The number of hydrogen-bond donors (Lipinski definition) is 1. The zero-order valence-corrected chi connectivity index (χ0v) is 14.6. The van der Waals surface area contributed by atoms with E-state index < -0.39 is 0 Å². The van der Waals surface area contributed by atoms with Crippen molar-refractivity contribution in [3.05, 3.63) is 36.4 Å². The van der Waals surface area contributed by atoms with Crippen molar-refractivity contribution < 1.29 is 4.79 Å².